The number of halogens is 1. The Morgan fingerprint density at radius 1 is 1.35 bits per heavy atom. The van der Waals surface area contributed by atoms with Crippen LogP contribution in [-0.4, -0.2) is 11.0 Å². The molecule has 4 nitrogen and oxygen atoms in total. The van der Waals surface area contributed by atoms with E-state index in [9.17, 15) is 10.1 Å². The molecule has 2 rings (SSSR count). The van der Waals surface area contributed by atoms with E-state index in [0.717, 1.165) is 24.8 Å². The van der Waals surface area contributed by atoms with E-state index in [-0.39, 0.29) is 16.7 Å². The Bertz CT molecular complexity index is 492. The van der Waals surface area contributed by atoms with Gasteiger partial charge in [0.05, 0.1) is 11.0 Å². The van der Waals surface area contributed by atoms with Crippen molar-refractivity contribution in [1.29, 1.82) is 0 Å². The highest BCUT2D eigenvalue weighted by molar-refractivity contribution is 9.08. The second-order valence-corrected chi connectivity index (χ2v) is 6.26. The SMILES string of the molecule is CC1CCC(Oc2cc(CBr)ccc2[N+](=O)[O-])CC1C. The van der Waals surface area contributed by atoms with Gasteiger partial charge in [-0.3, -0.25) is 10.1 Å². The monoisotopic (exact) mass is 341 g/mol. The third-order valence-electron chi connectivity index (χ3n) is 4.22. The first kappa shape index (κ1) is 15.3. The zero-order valence-corrected chi connectivity index (χ0v) is 13.4. The Hall–Kier alpha value is -1.10. The minimum atomic E-state index is -0.373. The number of nitrogens with zero attached hydrogens (tertiary/aromatic N) is 1. The van der Waals surface area contributed by atoms with E-state index in [2.05, 4.69) is 29.8 Å². The minimum Gasteiger partial charge on any atom is -0.483 e. The van der Waals surface area contributed by atoms with E-state index in [0.29, 0.717) is 22.9 Å². The molecule has 20 heavy (non-hydrogen) atoms. The van der Waals surface area contributed by atoms with Gasteiger partial charge in [-0.05, 0) is 42.7 Å². The van der Waals surface area contributed by atoms with Crippen molar-refractivity contribution >= 4 is 21.6 Å². The van der Waals surface area contributed by atoms with Crippen LogP contribution in [0, 0.1) is 22.0 Å². The number of benzene rings is 1. The Kier molecular flexibility index (Phi) is 5.02. The predicted octanol–water partition coefficient (Wildman–Crippen LogP) is 4.69. The van der Waals surface area contributed by atoms with Gasteiger partial charge in [-0.25, -0.2) is 0 Å². The number of nitro groups is 1. The molecule has 0 aliphatic heterocycles. The largest absolute Gasteiger partial charge is 0.483 e. The van der Waals surface area contributed by atoms with Crippen molar-refractivity contribution in [2.24, 2.45) is 11.8 Å². The van der Waals surface area contributed by atoms with Crippen molar-refractivity contribution in [2.45, 2.75) is 44.5 Å². The molecule has 1 aliphatic carbocycles. The molecule has 1 saturated carbocycles. The molecule has 5 heteroatoms. The summed E-state index contributed by atoms with van der Waals surface area (Å²) < 4.78 is 5.95. The molecule has 3 unspecified atom stereocenters. The molecular weight excluding hydrogens is 322 g/mol. The van der Waals surface area contributed by atoms with E-state index in [1.165, 1.54) is 6.07 Å². The van der Waals surface area contributed by atoms with E-state index < -0.39 is 0 Å². The maximum absolute atomic E-state index is 11.1. The normalized spacial score (nSPS) is 26.2. The van der Waals surface area contributed by atoms with Crippen LogP contribution in [0.5, 0.6) is 5.75 Å². The number of rotatable bonds is 4. The van der Waals surface area contributed by atoms with Crippen molar-refractivity contribution in [3.8, 4) is 5.75 Å². The second kappa shape index (κ2) is 6.57. The minimum absolute atomic E-state index is 0.0565. The molecule has 0 aromatic heterocycles. The molecule has 3 atom stereocenters. The molecule has 0 bridgehead atoms. The quantitative estimate of drug-likeness (QED) is 0.453. The van der Waals surface area contributed by atoms with Gasteiger partial charge in [0.2, 0.25) is 0 Å². The third-order valence-corrected chi connectivity index (χ3v) is 4.87. The Labute approximate surface area is 127 Å². The van der Waals surface area contributed by atoms with Crippen LogP contribution in [0.3, 0.4) is 0 Å². The summed E-state index contributed by atoms with van der Waals surface area (Å²) in [5.74, 6) is 1.71. The summed E-state index contributed by atoms with van der Waals surface area (Å²) in [7, 11) is 0. The fraction of sp³-hybridized carbons (Fsp3) is 0.600. The van der Waals surface area contributed by atoms with Gasteiger partial charge >= 0.3 is 5.69 Å². The van der Waals surface area contributed by atoms with Gasteiger partial charge in [0, 0.05) is 11.4 Å². The highest BCUT2D eigenvalue weighted by Gasteiger charge is 2.27. The lowest BCUT2D eigenvalue weighted by atomic mass is 9.80. The molecule has 1 aromatic carbocycles. The van der Waals surface area contributed by atoms with Crippen LogP contribution in [-0.2, 0) is 5.33 Å². The van der Waals surface area contributed by atoms with Gasteiger partial charge in [-0.2, -0.15) is 0 Å². The number of ether oxygens (including phenoxy) is 1. The Morgan fingerprint density at radius 3 is 2.70 bits per heavy atom. The first-order valence-electron chi connectivity index (χ1n) is 7.01. The van der Waals surface area contributed by atoms with Gasteiger partial charge in [-0.15, -0.1) is 0 Å². The summed E-state index contributed by atoms with van der Waals surface area (Å²) in [5.41, 5.74) is 1.05. The lowest BCUT2D eigenvalue weighted by Gasteiger charge is -2.32. The van der Waals surface area contributed by atoms with Crippen molar-refractivity contribution in [3.05, 3.63) is 33.9 Å². The van der Waals surface area contributed by atoms with Crippen LogP contribution in [0.15, 0.2) is 18.2 Å². The molecule has 0 amide bonds. The molecule has 110 valence electrons. The van der Waals surface area contributed by atoms with Gasteiger partial charge in [0.15, 0.2) is 5.75 Å². The zero-order valence-electron chi connectivity index (χ0n) is 11.8. The van der Waals surface area contributed by atoms with E-state index >= 15 is 0 Å². The van der Waals surface area contributed by atoms with Crippen LogP contribution in [0.2, 0.25) is 0 Å². The molecule has 1 aromatic rings. The second-order valence-electron chi connectivity index (χ2n) is 5.70. The molecule has 1 aliphatic rings. The van der Waals surface area contributed by atoms with Gasteiger partial charge in [0.1, 0.15) is 0 Å². The van der Waals surface area contributed by atoms with Crippen molar-refractivity contribution in [3.63, 3.8) is 0 Å². The smallest absolute Gasteiger partial charge is 0.310 e. The van der Waals surface area contributed by atoms with E-state index in [4.69, 9.17) is 4.74 Å². The first-order valence-corrected chi connectivity index (χ1v) is 8.13. The molecule has 0 saturated heterocycles. The van der Waals surface area contributed by atoms with Gasteiger partial charge in [-0.1, -0.05) is 35.8 Å². The zero-order chi connectivity index (χ0) is 14.7. The third kappa shape index (κ3) is 3.51. The highest BCUT2D eigenvalue weighted by Crippen LogP contribution is 2.35. The number of hydrogen-bond donors (Lipinski definition) is 0. The molecular formula is C15H20BrNO3. The molecule has 0 heterocycles. The first-order chi connectivity index (χ1) is 9.51. The maximum atomic E-state index is 11.1. The summed E-state index contributed by atoms with van der Waals surface area (Å²) in [5, 5.41) is 11.8. The van der Waals surface area contributed by atoms with Crippen LogP contribution in [0.4, 0.5) is 5.69 Å². The van der Waals surface area contributed by atoms with E-state index in [1.54, 1.807) is 12.1 Å². The van der Waals surface area contributed by atoms with E-state index in [1.807, 2.05) is 0 Å². The van der Waals surface area contributed by atoms with Crippen LogP contribution in [0.1, 0.15) is 38.7 Å². The van der Waals surface area contributed by atoms with Crippen molar-refractivity contribution in [1.82, 2.24) is 0 Å². The Morgan fingerprint density at radius 2 is 2.10 bits per heavy atom. The average Bonchev–Trinajstić information content (AvgIpc) is 2.42. The molecule has 0 radical (unpaired) electrons. The highest BCUT2D eigenvalue weighted by atomic mass is 79.9. The lowest BCUT2D eigenvalue weighted by molar-refractivity contribution is -0.386. The standard InChI is InChI=1S/C15H20BrNO3/c1-10-3-5-13(7-11(10)2)20-15-8-12(9-16)4-6-14(15)17(18)19/h4,6,8,10-11,13H,3,5,7,9H2,1-2H3. The Balaban J connectivity index is 2.17. The number of nitro benzene ring substituents is 1. The summed E-state index contributed by atoms with van der Waals surface area (Å²) in [6, 6.07) is 5.06. The number of alkyl halides is 1. The van der Waals surface area contributed by atoms with Crippen LogP contribution in [0.25, 0.3) is 0 Å². The summed E-state index contributed by atoms with van der Waals surface area (Å²) in [4.78, 5) is 10.7. The predicted molar refractivity (Wildman–Crippen MR) is 82.3 cm³/mol. The number of hydrogen-bond acceptors (Lipinski definition) is 3. The summed E-state index contributed by atoms with van der Waals surface area (Å²) in [6.07, 6.45) is 3.15. The van der Waals surface area contributed by atoms with Gasteiger partial charge < -0.3 is 4.74 Å². The van der Waals surface area contributed by atoms with Gasteiger partial charge in [0.25, 0.3) is 0 Å². The molecule has 0 N–H and O–H groups in total. The van der Waals surface area contributed by atoms with Crippen LogP contribution < -0.4 is 4.74 Å². The van der Waals surface area contributed by atoms with Crippen LogP contribution >= 0.6 is 15.9 Å². The lowest BCUT2D eigenvalue weighted by Crippen LogP contribution is -2.29. The van der Waals surface area contributed by atoms with Crippen molar-refractivity contribution < 1.29 is 9.66 Å². The fourth-order valence-electron chi connectivity index (χ4n) is 2.67. The molecule has 1 fully saturated rings. The fourth-order valence-corrected chi connectivity index (χ4v) is 3.02. The topological polar surface area (TPSA) is 52.4 Å². The van der Waals surface area contributed by atoms with Crippen molar-refractivity contribution in [2.75, 3.05) is 0 Å². The summed E-state index contributed by atoms with van der Waals surface area (Å²) >= 11 is 3.37. The molecule has 0 spiro atoms. The maximum Gasteiger partial charge on any atom is 0.310 e. The summed E-state index contributed by atoms with van der Waals surface area (Å²) in [6.45, 7) is 4.48. The average molecular weight is 342 g/mol.